The summed E-state index contributed by atoms with van der Waals surface area (Å²) in [6.45, 7) is 1.58. The standard InChI is InChI=1S/C13H20N2O2/c16-12-5-10-7-14-8-11(6-12)15(10)13(17)9-3-1-2-4-9/h9-11,14H,1-8H2. The van der Waals surface area contributed by atoms with Gasteiger partial charge < -0.3 is 10.2 Å². The van der Waals surface area contributed by atoms with Crippen molar-refractivity contribution in [1.29, 1.82) is 0 Å². The molecule has 2 saturated heterocycles. The number of hydrogen-bond acceptors (Lipinski definition) is 3. The predicted molar refractivity (Wildman–Crippen MR) is 63.5 cm³/mol. The van der Waals surface area contributed by atoms with Crippen LogP contribution in [0.3, 0.4) is 0 Å². The fraction of sp³-hybridized carbons (Fsp3) is 0.846. The van der Waals surface area contributed by atoms with Crippen molar-refractivity contribution < 1.29 is 9.59 Å². The number of piperidine rings is 1. The molecule has 94 valence electrons. The molecule has 4 heteroatoms. The number of nitrogens with one attached hydrogen (secondary N) is 1. The summed E-state index contributed by atoms with van der Waals surface area (Å²) in [5, 5.41) is 3.34. The number of carbonyl (C=O) groups excluding carboxylic acids is 2. The molecule has 1 amide bonds. The van der Waals surface area contributed by atoms with Gasteiger partial charge in [0.25, 0.3) is 0 Å². The van der Waals surface area contributed by atoms with Crippen molar-refractivity contribution in [1.82, 2.24) is 10.2 Å². The van der Waals surface area contributed by atoms with Gasteiger partial charge in [-0.25, -0.2) is 0 Å². The molecule has 2 unspecified atom stereocenters. The highest BCUT2D eigenvalue weighted by molar-refractivity contribution is 5.86. The molecule has 4 nitrogen and oxygen atoms in total. The number of carbonyl (C=O) groups is 2. The molecule has 2 heterocycles. The third-order valence-corrected chi connectivity index (χ3v) is 4.43. The number of piperazine rings is 1. The van der Waals surface area contributed by atoms with Crippen LogP contribution in [0.4, 0.5) is 0 Å². The maximum atomic E-state index is 12.5. The van der Waals surface area contributed by atoms with Gasteiger partial charge in [-0.05, 0) is 12.8 Å². The van der Waals surface area contributed by atoms with E-state index in [0.29, 0.717) is 24.5 Å². The Morgan fingerprint density at radius 2 is 1.71 bits per heavy atom. The van der Waals surface area contributed by atoms with E-state index in [1.807, 2.05) is 4.90 Å². The van der Waals surface area contributed by atoms with Gasteiger partial charge in [0.15, 0.2) is 0 Å². The smallest absolute Gasteiger partial charge is 0.226 e. The predicted octanol–water partition coefficient (Wildman–Crippen LogP) is 0.708. The molecular weight excluding hydrogens is 216 g/mol. The Bertz CT molecular complexity index is 320. The van der Waals surface area contributed by atoms with E-state index in [1.165, 1.54) is 12.8 Å². The summed E-state index contributed by atoms with van der Waals surface area (Å²) in [6, 6.07) is 0.256. The van der Waals surface area contributed by atoms with Crippen molar-refractivity contribution in [3.63, 3.8) is 0 Å². The van der Waals surface area contributed by atoms with Crippen LogP contribution in [0.15, 0.2) is 0 Å². The van der Waals surface area contributed by atoms with Crippen LogP contribution >= 0.6 is 0 Å². The summed E-state index contributed by atoms with van der Waals surface area (Å²) < 4.78 is 0. The Kier molecular flexibility index (Phi) is 2.90. The molecule has 0 radical (unpaired) electrons. The summed E-state index contributed by atoms with van der Waals surface area (Å²) in [7, 11) is 0. The second-order valence-electron chi connectivity index (χ2n) is 5.64. The van der Waals surface area contributed by atoms with Crippen molar-refractivity contribution >= 4 is 11.7 Å². The highest BCUT2D eigenvalue weighted by Gasteiger charge is 2.42. The molecule has 2 atom stereocenters. The lowest BCUT2D eigenvalue weighted by Gasteiger charge is -2.46. The molecule has 1 saturated carbocycles. The zero-order valence-corrected chi connectivity index (χ0v) is 10.2. The van der Waals surface area contributed by atoms with E-state index in [2.05, 4.69) is 5.32 Å². The largest absolute Gasteiger partial charge is 0.333 e. The average Bonchev–Trinajstić information content (AvgIpc) is 2.80. The Morgan fingerprint density at radius 3 is 2.29 bits per heavy atom. The normalized spacial score (nSPS) is 34.1. The maximum Gasteiger partial charge on any atom is 0.226 e. The van der Waals surface area contributed by atoms with E-state index in [0.717, 1.165) is 25.9 Å². The Balaban J connectivity index is 1.76. The molecule has 0 aromatic rings. The number of ketones is 1. The number of rotatable bonds is 1. The van der Waals surface area contributed by atoms with Gasteiger partial charge in [0, 0.05) is 31.8 Å². The van der Waals surface area contributed by atoms with Crippen molar-refractivity contribution in [2.45, 2.75) is 50.6 Å². The van der Waals surface area contributed by atoms with E-state index >= 15 is 0 Å². The van der Waals surface area contributed by atoms with Crippen LogP contribution < -0.4 is 5.32 Å². The van der Waals surface area contributed by atoms with E-state index in [-0.39, 0.29) is 18.0 Å². The summed E-state index contributed by atoms with van der Waals surface area (Å²) in [4.78, 5) is 26.2. The third kappa shape index (κ3) is 1.99. The van der Waals surface area contributed by atoms with Crippen molar-refractivity contribution in [2.75, 3.05) is 13.1 Å². The van der Waals surface area contributed by atoms with Crippen LogP contribution in [0.25, 0.3) is 0 Å². The molecule has 2 bridgehead atoms. The minimum Gasteiger partial charge on any atom is -0.333 e. The SMILES string of the molecule is O=C1CC2CNCC(C1)N2C(=O)C1CCCC1. The average molecular weight is 236 g/mol. The van der Waals surface area contributed by atoms with Crippen LogP contribution in [-0.2, 0) is 9.59 Å². The molecule has 0 spiro atoms. The first-order valence-corrected chi connectivity index (χ1v) is 6.80. The van der Waals surface area contributed by atoms with Crippen molar-refractivity contribution in [3.05, 3.63) is 0 Å². The molecule has 0 aromatic carbocycles. The number of fused-ring (bicyclic) bond motifs is 2. The second kappa shape index (κ2) is 4.41. The molecule has 1 N–H and O–H groups in total. The lowest BCUT2D eigenvalue weighted by Crippen LogP contribution is -2.64. The van der Waals surface area contributed by atoms with E-state index in [9.17, 15) is 9.59 Å². The maximum absolute atomic E-state index is 12.5. The monoisotopic (exact) mass is 236 g/mol. The van der Waals surface area contributed by atoms with Gasteiger partial charge in [0.1, 0.15) is 5.78 Å². The van der Waals surface area contributed by atoms with E-state index < -0.39 is 0 Å². The highest BCUT2D eigenvalue weighted by atomic mass is 16.2. The van der Waals surface area contributed by atoms with Crippen LogP contribution in [0.5, 0.6) is 0 Å². The van der Waals surface area contributed by atoms with Crippen molar-refractivity contribution in [3.8, 4) is 0 Å². The summed E-state index contributed by atoms with van der Waals surface area (Å²) in [6.07, 6.45) is 5.60. The third-order valence-electron chi connectivity index (χ3n) is 4.43. The first-order chi connectivity index (χ1) is 8.25. The fourth-order valence-electron chi connectivity index (χ4n) is 3.60. The number of nitrogens with zero attached hydrogens (tertiary/aromatic N) is 1. The van der Waals surface area contributed by atoms with Crippen LogP contribution in [0.2, 0.25) is 0 Å². The Morgan fingerprint density at radius 1 is 1.12 bits per heavy atom. The molecule has 1 aliphatic carbocycles. The fourth-order valence-corrected chi connectivity index (χ4v) is 3.60. The first-order valence-electron chi connectivity index (χ1n) is 6.80. The van der Waals surface area contributed by atoms with Gasteiger partial charge >= 0.3 is 0 Å². The Hall–Kier alpha value is -0.900. The zero-order chi connectivity index (χ0) is 11.8. The molecule has 2 aliphatic heterocycles. The number of Topliss-reactive ketones (excluding diaryl/α,β-unsaturated/α-hetero) is 1. The first kappa shape index (κ1) is 11.2. The van der Waals surface area contributed by atoms with Gasteiger partial charge in [0.05, 0.1) is 12.1 Å². The van der Waals surface area contributed by atoms with Gasteiger partial charge in [-0.2, -0.15) is 0 Å². The molecule has 0 aromatic heterocycles. The van der Waals surface area contributed by atoms with E-state index in [4.69, 9.17) is 0 Å². The van der Waals surface area contributed by atoms with Gasteiger partial charge in [-0.1, -0.05) is 12.8 Å². The van der Waals surface area contributed by atoms with E-state index in [1.54, 1.807) is 0 Å². The summed E-state index contributed by atoms with van der Waals surface area (Å²) in [5.41, 5.74) is 0. The van der Waals surface area contributed by atoms with Gasteiger partial charge in [-0.3, -0.25) is 9.59 Å². The molecular formula is C13H20N2O2. The molecule has 3 rings (SSSR count). The Labute approximate surface area is 102 Å². The molecule has 3 aliphatic rings. The number of hydrogen-bond donors (Lipinski definition) is 1. The quantitative estimate of drug-likeness (QED) is 0.729. The number of amides is 1. The van der Waals surface area contributed by atoms with Crippen LogP contribution in [0.1, 0.15) is 38.5 Å². The van der Waals surface area contributed by atoms with Crippen LogP contribution in [0, 0.1) is 5.92 Å². The van der Waals surface area contributed by atoms with Gasteiger partial charge in [0.2, 0.25) is 5.91 Å². The second-order valence-corrected chi connectivity index (χ2v) is 5.64. The molecule has 3 fully saturated rings. The van der Waals surface area contributed by atoms with Crippen molar-refractivity contribution in [2.24, 2.45) is 5.92 Å². The minimum atomic E-state index is 0.128. The van der Waals surface area contributed by atoms with Gasteiger partial charge in [-0.15, -0.1) is 0 Å². The topological polar surface area (TPSA) is 49.4 Å². The lowest BCUT2D eigenvalue weighted by molar-refractivity contribution is -0.147. The zero-order valence-electron chi connectivity index (χ0n) is 10.2. The summed E-state index contributed by atoms with van der Waals surface area (Å²) >= 11 is 0. The lowest BCUT2D eigenvalue weighted by atomic mass is 9.89. The summed E-state index contributed by atoms with van der Waals surface area (Å²) in [5.74, 6) is 0.898. The highest BCUT2D eigenvalue weighted by Crippen LogP contribution is 2.31. The molecule has 17 heavy (non-hydrogen) atoms. The van der Waals surface area contributed by atoms with Crippen LogP contribution in [-0.4, -0.2) is 41.8 Å². The minimum absolute atomic E-state index is 0.128.